The summed E-state index contributed by atoms with van der Waals surface area (Å²) in [5.41, 5.74) is 0. The van der Waals surface area contributed by atoms with E-state index in [2.05, 4.69) is 11.8 Å². The van der Waals surface area contributed by atoms with Crippen LogP contribution in [0.15, 0.2) is 0 Å². The molecule has 5 nitrogen and oxygen atoms in total. The van der Waals surface area contributed by atoms with Gasteiger partial charge >= 0.3 is 5.97 Å². The molecule has 0 aliphatic carbocycles. The molecule has 0 radical (unpaired) electrons. The van der Waals surface area contributed by atoms with Crippen molar-refractivity contribution < 1.29 is 19.4 Å². The second-order valence-electron chi connectivity index (χ2n) is 4.39. The molecular weight excluding hydrogens is 222 g/mol. The predicted molar refractivity (Wildman–Crippen MR) is 64.1 cm³/mol. The van der Waals surface area contributed by atoms with Crippen LogP contribution in [0, 0.1) is 5.92 Å². The topological polar surface area (TPSA) is 59.0 Å². The molecule has 100 valence electrons. The van der Waals surface area contributed by atoms with E-state index in [-0.39, 0.29) is 12.1 Å². The van der Waals surface area contributed by atoms with E-state index in [9.17, 15) is 4.79 Å². The van der Waals surface area contributed by atoms with Crippen molar-refractivity contribution in [3.05, 3.63) is 0 Å². The molecule has 0 aromatic carbocycles. The lowest BCUT2D eigenvalue weighted by atomic mass is 10.0. The van der Waals surface area contributed by atoms with Gasteiger partial charge in [-0.25, -0.2) is 0 Å². The van der Waals surface area contributed by atoms with E-state index < -0.39 is 11.9 Å². The van der Waals surface area contributed by atoms with E-state index in [1.165, 1.54) is 0 Å². The van der Waals surface area contributed by atoms with Gasteiger partial charge in [0, 0.05) is 18.7 Å². The van der Waals surface area contributed by atoms with Crippen LogP contribution >= 0.6 is 0 Å². The van der Waals surface area contributed by atoms with Crippen molar-refractivity contribution in [1.29, 1.82) is 0 Å². The number of aliphatic carboxylic acids is 1. The fourth-order valence-electron chi connectivity index (χ4n) is 2.36. The minimum absolute atomic E-state index is 0.0343. The SMILES string of the molecule is CCOCC(C)N(CC)C1COCC1C(=O)O. The summed E-state index contributed by atoms with van der Waals surface area (Å²) < 4.78 is 10.7. The maximum Gasteiger partial charge on any atom is 0.310 e. The molecule has 3 unspecified atom stereocenters. The summed E-state index contributed by atoms with van der Waals surface area (Å²) >= 11 is 0. The van der Waals surface area contributed by atoms with Gasteiger partial charge in [0.1, 0.15) is 0 Å². The third-order valence-electron chi connectivity index (χ3n) is 3.29. The van der Waals surface area contributed by atoms with E-state index in [4.69, 9.17) is 14.6 Å². The third-order valence-corrected chi connectivity index (χ3v) is 3.29. The Morgan fingerprint density at radius 1 is 1.53 bits per heavy atom. The van der Waals surface area contributed by atoms with E-state index >= 15 is 0 Å². The van der Waals surface area contributed by atoms with Crippen molar-refractivity contribution in [2.75, 3.05) is 33.0 Å². The first-order valence-corrected chi connectivity index (χ1v) is 6.25. The molecule has 0 bridgehead atoms. The van der Waals surface area contributed by atoms with Gasteiger partial charge in [-0.2, -0.15) is 0 Å². The quantitative estimate of drug-likeness (QED) is 0.720. The monoisotopic (exact) mass is 245 g/mol. The maximum atomic E-state index is 11.1. The highest BCUT2D eigenvalue weighted by Gasteiger charge is 2.38. The number of carboxylic acids is 1. The lowest BCUT2D eigenvalue weighted by Crippen LogP contribution is -2.49. The molecular formula is C12H23NO4. The van der Waals surface area contributed by atoms with Crippen LogP contribution < -0.4 is 0 Å². The molecule has 1 aliphatic rings. The summed E-state index contributed by atoms with van der Waals surface area (Å²) in [6.07, 6.45) is 0. The number of likely N-dealkylation sites (N-methyl/N-ethyl adjacent to an activating group) is 1. The van der Waals surface area contributed by atoms with Gasteiger partial charge in [0.2, 0.25) is 0 Å². The van der Waals surface area contributed by atoms with Crippen LogP contribution in [-0.4, -0.2) is 61.0 Å². The minimum atomic E-state index is -0.769. The first kappa shape index (κ1) is 14.4. The van der Waals surface area contributed by atoms with E-state index in [1.807, 2.05) is 13.8 Å². The average molecular weight is 245 g/mol. The Hall–Kier alpha value is -0.650. The second-order valence-corrected chi connectivity index (χ2v) is 4.39. The number of rotatable bonds is 7. The maximum absolute atomic E-state index is 11.1. The van der Waals surface area contributed by atoms with E-state index in [1.54, 1.807) is 0 Å². The summed E-state index contributed by atoms with van der Waals surface area (Å²) in [6.45, 7) is 9.02. The smallest absolute Gasteiger partial charge is 0.310 e. The molecule has 17 heavy (non-hydrogen) atoms. The normalized spacial score (nSPS) is 26.4. The van der Waals surface area contributed by atoms with Gasteiger partial charge in [0.25, 0.3) is 0 Å². The van der Waals surface area contributed by atoms with Gasteiger partial charge in [0.15, 0.2) is 0 Å². The van der Waals surface area contributed by atoms with Crippen molar-refractivity contribution in [3.8, 4) is 0 Å². The van der Waals surface area contributed by atoms with Gasteiger partial charge < -0.3 is 14.6 Å². The molecule has 1 N–H and O–H groups in total. The van der Waals surface area contributed by atoms with Crippen LogP contribution in [0.5, 0.6) is 0 Å². The lowest BCUT2D eigenvalue weighted by molar-refractivity contribution is -0.143. The van der Waals surface area contributed by atoms with Crippen molar-refractivity contribution in [1.82, 2.24) is 4.90 Å². The fourth-order valence-corrected chi connectivity index (χ4v) is 2.36. The second kappa shape index (κ2) is 6.93. The fraction of sp³-hybridized carbons (Fsp3) is 0.917. The highest BCUT2D eigenvalue weighted by Crippen LogP contribution is 2.22. The van der Waals surface area contributed by atoms with Gasteiger partial charge in [-0.15, -0.1) is 0 Å². The molecule has 0 aromatic heterocycles. The van der Waals surface area contributed by atoms with Crippen LogP contribution in [-0.2, 0) is 14.3 Å². The summed E-state index contributed by atoms with van der Waals surface area (Å²) in [6, 6.07) is 0.182. The molecule has 0 saturated carbocycles. The number of carbonyl (C=O) groups is 1. The lowest BCUT2D eigenvalue weighted by Gasteiger charge is -2.34. The zero-order valence-corrected chi connectivity index (χ0v) is 10.9. The van der Waals surface area contributed by atoms with Crippen LogP contribution in [0.1, 0.15) is 20.8 Å². The van der Waals surface area contributed by atoms with Crippen molar-refractivity contribution in [2.24, 2.45) is 5.92 Å². The molecule has 0 aromatic rings. The van der Waals surface area contributed by atoms with Gasteiger partial charge in [-0.3, -0.25) is 9.69 Å². The van der Waals surface area contributed by atoms with Crippen LogP contribution in [0.3, 0.4) is 0 Å². The number of ether oxygens (including phenoxy) is 2. The molecule has 1 rings (SSSR count). The first-order chi connectivity index (χ1) is 8.11. The van der Waals surface area contributed by atoms with Crippen LogP contribution in [0.4, 0.5) is 0 Å². The zero-order chi connectivity index (χ0) is 12.8. The standard InChI is InChI=1S/C12H23NO4/c1-4-13(9(3)6-16-5-2)11-8-17-7-10(11)12(14)15/h9-11H,4-8H2,1-3H3,(H,14,15). The highest BCUT2D eigenvalue weighted by atomic mass is 16.5. The Labute approximate surface area is 103 Å². The summed E-state index contributed by atoms with van der Waals surface area (Å²) in [5, 5.41) is 9.15. The Morgan fingerprint density at radius 2 is 2.24 bits per heavy atom. The minimum Gasteiger partial charge on any atom is -0.481 e. The van der Waals surface area contributed by atoms with Crippen molar-refractivity contribution in [3.63, 3.8) is 0 Å². The molecule has 1 heterocycles. The summed E-state index contributed by atoms with van der Waals surface area (Å²) in [7, 11) is 0. The number of hydrogen-bond donors (Lipinski definition) is 1. The Bertz CT molecular complexity index is 247. The van der Waals surface area contributed by atoms with Gasteiger partial charge in [0.05, 0.1) is 25.7 Å². The molecule has 0 amide bonds. The number of carboxylic acid groups (broad SMARTS) is 1. The average Bonchev–Trinajstić information content (AvgIpc) is 2.76. The third kappa shape index (κ3) is 3.66. The van der Waals surface area contributed by atoms with Crippen LogP contribution in [0.25, 0.3) is 0 Å². The van der Waals surface area contributed by atoms with Gasteiger partial charge in [-0.05, 0) is 20.4 Å². The van der Waals surface area contributed by atoms with Crippen molar-refractivity contribution >= 4 is 5.97 Å². The Morgan fingerprint density at radius 3 is 2.76 bits per heavy atom. The molecule has 3 atom stereocenters. The molecule has 1 saturated heterocycles. The summed E-state index contributed by atoms with van der Waals surface area (Å²) in [5.74, 6) is -1.19. The molecule has 0 spiro atoms. The van der Waals surface area contributed by atoms with Crippen molar-refractivity contribution in [2.45, 2.75) is 32.9 Å². The van der Waals surface area contributed by atoms with Crippen LogP contribution in [0.2, 0.25) is 0 Å². The van der Waals surface area contributed by atoms with E-state index in [0.717, 1.165) is 6.54 Å². The Kier molecular flexibility index (Phi) is 5.88. The molecule has 1 aliphatic heterocycles. The zero-order valence-electron chi connectivity index (χ0n) is 10.9. The van der Waals surface area contributed by atoms with E-state index in [0.29, 0.717) is 26.4 Å². The predicted octanol–water partition coefficient (Wildman–Crippen LogP) is 0.833. The number of nitrogens with zero attached hydrogens (tertiary/aromatic N) is 1. The largest absolute Gasteiger partial charge is 0.481 e. The molecule has 1 fully saturated rings. The van der Waals surface area contributed by atoms with Gasteiger partial charge in [-0.1, -0.05) is 6.92 Å². The Balaban J connectivity index is 2.62. The highest BCUT2D eigenvalue weighted by molar-refractivity contribution is 5.71. The first-order valence-electron chi connectivity index (χ1n) is 6.25. The summed E-state index contributed by atoms with van der Waals surface area (Å²) in [4.78, 5) is 13.3. The molecule has 5 heteroatoms. The number of hydrogen-bond acceptors (Lipinski definition) is 4.